The maximum absolute atomic E-state index is 12.4. The van der Waals surface area contributed by atoms with Gasteiger partial charge in [-0.15, -0.1) is 0 Å². The molecule has 0 saturated heterocycles. The number of hydrogen-bond acceptors (Lipinski definition) is 4. The van der Waals surface area contributed by atoms with Crippen LogP contribution in [0.1, 0.15) is 43.0 Å². The summed E-state index contributed by atoms with van der Waals surface area (Å²) in [5, 5.41) is 4.27. The minimum Gasteiger partial charge on any atom is -0.468 e. The molecule has 2 atom stereocenters. The van der Waals surface area contributed by atoms with Gasteiger partial charge in [0, 0.05) is 11.0 Å². The van der Waals surface area contributed by atoms with E-state index in [0.717, 1.165) is 16.7 Å². The van der Waals surface area contributed by atoms with Gasteiger partial charge in [-0.3, -0.25) is 4.79 Å². The summed E-state index contributed by atoms with van der Waals surface area (Å²) in [5.74, 6) is -0.791. The molecule has 120 valence electrons. The lowest BCUT2D eigenvalue weighted by molar-refractivity contribution is -0.148. The van der Waals surface area contributed by atoms with Crippen LogP contribution in [0, 0.1) is 32.1 Å². The van der Waals surface area contributed by atoms with Gasteiger partial charge in [0.2, 0.25) is 0 Å². The van der Waals surface area contributed by atoms with Crippen LogP contribution in [0.4, 0.5) is 0 Å². The highest BCUT2D eigenvalue weighted by molar-refractivity contribution is 6.14. The van der Waals surface area contributed by atoms with E-state index in [1.165, 1.54) is 12.7 Å². The van der Waals surface area contributed by atoms with Crippen molar-refractivity contribution in [3.05, 3.63) is 34.4 Å². The molecule has 0 fully saturated rings. The Morgan fingerprint density at radius 2 is 1.73 bits per heavy atom. The van der Waals surface area contributed by atoms with Crippen molar-refractivity contribution in [2.24, 2.45) is 16.5 Å². The second-order valence-corrected chi connectivity index (χ2v) is 7.14. The predicted molar refractivity (Wildman–Crippen MR) is 87.0 cm³/mol. The van der Waals surface area contributed by atoms with E-state index >= 15 is 0 Å². The molecule has 0 bridgehead atoms. The molecule has 1 aromatic carbocycles. The second-order valence-electron chi connectivity index (χ2n) is 7.14. The van der Waals surface area contributed by atoms with Gasteiger partial charge in [0.25, 0.3) is 0 Å². The molecule has 2 rings (SSSR count). The Hall–Kier alpha value is -1.84. The average Bonchev–Trinajstić information content (AvgIpc) is 2.81. The average molecular weight is 303 g/mol. The summed E-state index contributed by atoms with van der Waals surface area (Å²) in [5.41, 5.74) is 4.86. The Balaban J connectivity index is 2.53. The van der Waals surface area contributed by atoms with Crippen LogP contribution >= 0.6 is 0 Å². The lowest BCUT2D eigenvalue weighted by atomic mass is 9.77. The summed E-state index contributed by atoms with van der Waals surface area (Å²) in [6.45, 7) is 12.3. The molecule has 0 radical (unpaired) electrons. The van der Waals surface area contributed by atoms with E-state index in [2.05, 4.69) is 24.2 Å². The highest BCUT2D eigenvalue weighted by atomic mass is 16.6. The molecule has 0 aromatic heterocycles. The van der Waals surface area contributed by atoms with Crippen molar-refractivity contribution in [1.82, 2.24) is 0 Å². The molecule has 4 heteroatoms. The zero-order chi connectivity index (χ0) is 16.7. The first-order valence-corrected chi connectivity index (χ1v) is 7.56. The highest BCUT2D eigenvalue weighted by Gasteiger charge is 2.47. The monoisotopic (exact) mass is 303 g/mol. The number of carbonyl (C=O) groups is 1. The minimum atomic E-state index is -0.495. The molecule has 22 heavy (non-hydrogen) atoms. The standard InChI is InChI=1S/C18H25NO3/c1-10-8-11(2)13(12(3)9-10)15-14(17(20)21-7)16(22-19-15)18(4,5)6/h8-9,14,16H,1-7H3/t14-,16-/m0/s1. The van der Waals surface area contributed by atoms with E-state index in [0.29, 0.717) is 5.71 Å². The van der Waals surface area contributed by atoms with E-state index in [9.17, 15) is 4.79 Å². The molecule has 1 aliphatic heterocycles. The molecule has 1 heterocycles. The molecule has 4 nitrogen and oxygen atoms in total. The Bertz CT molecular complexity index is 603. The summed E-state index contributed by atoms with van der Waals surface area (Å²) < 4.78 is 5.01. The van der Waals surface area contributed by atoms with E-state index in [4.69, 9.17) is 9.57 Å². The minimum absolute atomic E-state index is 0.212. The fraction of sp³-hybridized carbons (Fsp3) is 0.556. The van der Waals surface area contributed by atoms with Crippen molar-refractivity contribution < 1.29 is 14.4 Å². The van der Waals surface area contributed by atoms with E-state index in [1.807, 2.05) is 34.6 Å². The Morgan fingerprint density at radius 1 is 1.18 bits per heavy atom. The van der Waals surface area contributed by atoms with Crippen molar-refractivity contribution in [2.75, 3.05) is 7.11 Å². The van der Waals surface area contributed by atoms with Gasteiger partial charge in [0.15, 0.2) is 6.10 Å². The molecule has 0 spiro atoms. The van der Waals surface area contributed by atoms with Crippen LogP contribution in [0.25, 0.3) is 0 Å². The largest absolute Gasteiger partial charge is 0.468 e. The number of nitrogens with zero attached hydrogens (tertiary/aromatic N) is 1. The Labute approximate surface area is 132 Å². The number of ether oxygens (including phenoxy) is 1. The van der Waals surface area contributed by atoms with Crippen molar-refractivity contribution in [2.45, 2.75) is 47.6 Å². The van der Waals surface area contributed by atoms with E-state index in [-0.39, 0.29) is 17.5 Å². The summed E-state index contributed by atoms with van der Waals surface area (Å²) >= 11 is 0. The first kappa shape index (κ1) is 16.5. The lowest BCUT2D eigenvalue weighted by Crippen LogP contribution is -2.40. The van der Waals surface area contributed by atoms with Gasteiger partial charge in [-0.1, -0.05) is 43.6 Å². The maximum Gasteiger partial charge on any atom is 0.318 e. The van der Waals surface area contributed by atoms with E-state index < -0.39 is 5.92 Å². The number of benzene rings is 1. The lowest BCUT2D eigenvalue weighted by Gasteiger charge is -2.29. The van der Waals surface area contributed by atoms with Gasteiger partial charge in [-0.25, -0.2) is 0 Å². The third-order valence-corrected chi connectivity index (χ3v) is 4.10. The smallest absolute Gasteiger partial charge is 0.318 e. The first-order chi connectivity index (χ1) is 10.2. The predicted octanol–water partition coefficient (Wildman–Crippen LogP) is 3.55. The molecule has 0 N–H and O–H groups in total. The van der Waals surface area contributed by atoms with Gasteiger partial charge in [-0.05, 0) is 31.9 Å². The number of aryl methyl sites for hydroxylation is 3. The van der Waals surface area contributed by atoms with Crippen LogP contribution in [0.3, 0.4) is 0 Å². The summed E-state index contributed by atoms with van der Waals surface area (Å²) in [4.78, 5) is 18.0. The molecule has 1 aliphatic rings. The summed E-state index contributed by atoms with van der Waals surface area (Å²) in [6.07, 6.45) is -0.324. The van der Waals surface area contributed by atoms with Crippen molar-refractivity contribution in [3.63, 3.8) is 0 Å². The van der Waals surface area contributed by atoms with Crippen molar-refractivity contribution >= 4 is 11.7 Å². The number of oxime groups is 1. The van der Waals surface area contributed by atoms with Gasteiger partial charge in [-0.2, -0.15) is 0 Å². The molecular weight excluding hydrogens is 278 g/mol. The van der Waals surface area contributed by atoms with Crippen LogP contribution < -0.4 is 0 Å². The van der Waals surface area contributed by atoms with Crippen LogP contribution in [0.2, 0.25) is 0 Å². The van der Waals surface area contributed by atoms with Gasteiger partial charge in [0.1, 0.15) is 11.6 Å². The molecule has 0 aliphatic carbocycles. The van der Waals surface area contributed by atoms with Crippen LogP contribution in [0.15, 0.2) is 17.3 Å². The third-order valence-electron chi connectivity index (χ3n) is 4.10. The van der Waals surface area contributed by atoms with E-state index in [1.54, 1.807) is 0 Å². The normalized spacial score (nSPS) is 21.3. The molecule has 0 amide bonds. The zero-order valence-corrected chi connectivity index (χ0v) is 14.5. The number of esters is 1. The fourth-order valence-electron chi connectivity index (χ4n) is 3.18. The molecular formula is C18H25NO3. The number of hydrogen-bond donors (Lipinski definition) is 0. The van der Waals surface area contributed by atoms with Crippen LogP contribution in [-0.4, -0.2) is 24.9 Å². The second kappa shape index (κ2) is 5.75. The molecule has 0 saturated carbocycles. The van der Waals surface area contributed by atoms with Crippen LogP contribution in [0.5, 0.6) is 0 Å². The number of carbonyl (C=O) groups excluding carboxylic acids is 1. The Kier molecular flexibility index (Phi) is 4.32. The quantitative estimate of drug-likeness (QED) is 0.785. The summed E-state index contributed by atoms with van der Waals surface area (Å²) in [6, 6.07) is 4.20. The highest BCUT2D eigenvalue weighted by Crippen LogP contribution is 2.37. The zero-order valence-electron chi connectivity index (χ0n) is 14.5. The van der Waals surface area contributed by atoms with Gasteiger partial charge >= 0.3 is 5.97 Å². The Morgan fingerprint density at radius 3 is 2.18 bits per heavy atom. The third kappa shape index (κ3) is 2.87. The van der Waals surface area contributed by atoms with Gasteiger partial charge in [0.05, 0.1) is 7.11 Å². The number of methoxy groups -OCH3 is 1. The van der Waals surface area contributed by atoms with Crippen LogP contribution in [-0.2, 0) is 14.4 Å². The van der Waals surface area contributed by atoms with Crippen molar-refractivity contribution in [3.8, 4) is 0 Å². The number of rotatable bonds is 2. The maximum atomic E-state index is 12.4. The molecule has 1 aromatic rings. The molecule has 0 unspecified atom stereocenters. The SMILES string of the molecule is COC(=O)[C@H]1C(c2c(C)cc(C)cc2C)=NO[C@@H]1C(C)(C)C. The first-order valence-electron chi connectivity index (χ1n) is 7.56. The topological polar surface area (TPSA) is 47.9 Å². The summed E-state index contributed by atoms with van der Waals surface area (Å²) in [7, 11) is 1.41. The fourth-order valence-corrected chi connectivity index (χ4v) is 3.18. The van der Waals surface area contributed by atoms with Crippen molar-refractivity contribution in [1.29, 1.82) is 0 Å². The van der Waals surface area contributed by atoms with Gasteiger partial charge < -0.3 is 9.57 Å².